The highest BCUT2D eigenvalue weighted by Crippen LogP contribution is 2.26. The molecule has 1 amide bonds. The van der Waals surface area contributed by atoms with Crippen LogP contribution in [-0.4, -0.2) is 51.0 Å². The van der Waals surface area contributed by atoms with Crippen LogP contribution in [0.5, 0.6) is 0 Å². The van der Waals surface area contributed by atoms with Crippen molar-refractivity contribution in [2.24, 2.45) is 4.99 Å². The van der Waals surface area contributed by atoms with Gasteiger partial charge in [-0.3, -0.25) is 14.6 Å². The first-order valence-corrected chi connectivity index (χ1v) is 11.8. The number of anilines is 2. The monoisotopic (exact) mass is 468 g/mol. The zero-order chi connectivity index (χ0) is 24.2. The number of hydrogen-bond acceptors (Lipinski definition) is 7. The minimum atomic E-state index is 0.0438. The SMILES string of the molecule is CC(Cc1ccc(CO)cc1)Nc1nccc(N2CCC(=O)N3CC=C(c4ccccc4)N=C32)n1. The number of fused-ring (bicyclic) bond motifs is 1. The first kappa shape index (κ1) is 22.7. The van der Waals surface area contributed by atoms with E-state index in [0.29, 0.717) is 37.2 Å². The van der Waals surface area contributed by atoms with E-state index in [1.807, 2.05) is 71.6 Å². The van der Waals surface area contributed by atoms with Gasteiger partial charge in [-0.05, 0) is 42.2 Å². The van der Waals surface area contributed by atoms with Crippen molar-refractivity contribution in [2.45, 2.75) is 32.4 Å². The van der Waals surface area contributed by atoms with Gasteiger partial charge < -0.3 is 10.4 Å². The van der Waals surface area contributed by atoms with Crippen LogP contribution in [0.1, 0.15) is 30.0 Å². The molecule has 0 saturated carbocycles. The maximum atomic E-state index is 12.6. The van der Waals surface area contributed by atoms with E-state index in [9.17, 15) is 9.90 Å². The van der Waals surface area contributed by atoms with Gasteiger partial charge in [0.2, 0.25) is 17.8 Å². The van der Waals surface area contributed by atoms with Crippen molar-refractivity contribution in [3.05, 3.63) is 89.6 Å². The molecule has 2 aromatic carbocycles. The smallest absolute Gasteiger partial charge is 0.231 e. The van der Waals surface area contributed by atoms with Crippen LogP contribution in [0.15, 0.2) is 77.9 Å². The maximum Gasteiger partial charge on any atom is 0.231 e. The van der Waals surface area contributed by atoms with Crippen molar-refractivity contribution in [1.29, 1.82) is 0 Å². The summed E-state index contributed by atoms with van der Waals surface area (Å²) in [7, 11) is 0. The molecule has 0 spiro atoms. The lowest BCUT2D eigenvalue weighted by Gasteiger charge is -2.38. The first-order valence-electron chi connectivity index (χ1n) is 11.8. The fraction of sp³-hybridized carbons (Fsp3) is 0.259. The van der Waals surface area contributed by atoms with E-state index in [1.165, 1.54) is 5.56 Å². The summed E-state index contributed by atoms with van der Waals surface area (Å²) < 4.78 is 0. The fourth-order valence-electron chi connectivity index (χ4n) is 4.32. The summed E-state index contributed by atoms with van der Waals surface area (Å²) in [6.07, 6.45) is 4.91. The fourth-order valence-corrected chi connectivity index (χ4v) is 4.32. The molecule has 3 heterocycles. The Morgan fingerprint density at radius 1 is 1.03 bits per heavy atom. The second-order valence-corrected chi connectivity index (χ2v) is 8.74. The lowest BCUT2D eigenvalue weighted by molar-refractivity contribution is -0.127. The standard InChI is InChI=1S/C27H28N6O2/c1-19(17-20-7-9-21(18-34)10-8-20)29-26-28-14-11-24(31-26)32-16-13-25(35)33-15-12-23(30-27(32)33)22-5-3-2-4-6-22/h2-12,14,19,34H,13,15-18H2,1H3,(H,28,29,31). The van der Waals surface area contributed by atoms with Crippen LogP contribution in [0.4, 0.5) is 11.8 Å². The number of carbonyl (C=O) groups is 1. The zero-order valence-corrected chi connectivity index (χ0v) is 19.6. The van der Waals surface area contributed by atoms with Gasteiger partial charge in [-0.15, -0.1) is 0 Å². The van der Waals surface area contributed by atoms with E-state index >= 15 is 0 Å². The molecule has 8 nitrogen and oxygen atoms in total. The lowest BCUT2D eigenvalue weighted by Crippen LogP contribution is -2.54. The highest BCUT2D eigenvalue weighted by Gasteiger charge is 2.33. The molecule has 1 saturated heterocycles. The van der Waals surface area contributed by atoms with Crippen LogP contribution < -0.4 is 10.2 Å². The molecule has 8 heteroatoms. The molecule has 0 aliphatic carbocycles. The second-order valence-electron chi connectivity index (χ2n) is 8.74. The summed E-state index contributed by atoms with van der Waals surface area (Å²) in [5.41, 5.74) is 3.93. The predicted octanol–water partition coefficient (Wildman–Crippen LogP) is 3.46. The quantitative estimate of drug-likeness (QED) is 0.552. The topological polar surface area (TPSA) is 94.0 Å². The van der Waals surface area contributed by atoms with Gasteiger partial charge in [0.05, 0.1) is 12.3 Å². The Balaban J connectivity index is 1.35. The number of aliphatic imine (C=N–C) groups is 1. The summed E-state index contributed by atoms with van der Waals surface area (Å²) >= 11 is 0. The molecular weight excluding hydrogens is 440 g/mol. The van der Waals surface area contributed by atoms with Crippen molar-refractivity contribution < 1.29 is 9.90 Å². The number of aliphatic hydroxyl groups excluding tert-OH is 1. The molecule has 1 fully saturated rings. The zero-order valence-electron chi connectivity index (χ0n) is 19.6. The number of amides is 1. The Bertz CT molecular complexity index is 1260. The number of nitrogens with one attached hydrogen (secondary N) is 1. The summed E-state index contributed by atoms with van der Waals surface area (Å²) in [5.74, 6) is 1.90. The molecule has 2 N–H and O–H groups in total. The van der Waals surface area contributed by atoms with Gasteiger partial charge >= 0.3 is 0 Å². The first-order chi connectivity index (χ1) is 17.1. The van der Waals surface area contributed by atoms with E-state index in [4.69, 9.17) is 9.98 Å². The van der Waals surface area contributed by atoms with Crippen LogP contribution >= 0.6 is 0 Å². The van der Waals surface area contributed by atoms with Gasteiger partial charge in [0, 0.05) is 31.7 Å². The summed E-state index contributed by atoms with van der Waals surface area (Å²) in [5, 5.41) is 12.6. The molecule has 3 aromatic rings. The van der Waals surface area contributed by atoms with Gasteiger partial charge in [0.15, 0.2) is 0 Å². The molecule has 1 unspecified atom stereocenters. The number of aromatic nitrogens is 2. The normalized spacial score (nSPS) is 16.3. The molecular formula is C27H28N6O2. The molecule has 178 valence electrons. The Hall–Kier alpha value is -4.04. The van der Waals surface area contributed by atoms with E-state index in [-0.39, 0.29) is 18.6 Å². The van der Waals surface area contributed by atoms with Gasteiger partial charge in [0.25, 0.3) is 0 Å². The molecule has 0 radical (unpaired) electrons. The molecule has 0 bridgehead atoms. The highest BCUT2D eigenvalue weighted by molar-refractivity contribution is 6.10. The van der Waals surface area contributed by atoms with E-state index < -0.39 is 0 Å². The average Bonchev–Trinajstić information content (AvgIpc) is 2.90. The minimum Gasteiger partial charge on any atom is -0.392 e. The summed E-state index contributed by atoms with van der Waals surface area (Å²) in [6, 6.07) is 19.9. The number of guanidine groups is 1. The molecule has 1 aromatic heterocycles. The summed E-state index contributed by atoms with van der Waals surface area (Å²) in [4.78, 5) is 30.3. The van der Waals surface area contributed by atoms with Crippen LogP contribution in [0, 0.1) is 0 Å². The average molecular weight is 469 g/mol. The Morgan fingerprint density at radius 3 is 2.57 bits per heavy atom. The van der Waals surface area contributed by atoms with Crippen LogP contribution in [0.2, 0.25) is 0 Å². The predicted molar refractivity (Wildman–Crippen MR) is 137 cm³/mol. The van der Waals surface area contributed by atoms with E-state index in [1.54, 1.807) is 11.1 Å². The second kappa shape index (κ2) is 10.1. The van der Waals surface area contributed by atoms with Crippen LogP contribution in [-0.2, 0) is 17.8 Å². The van der Waals surface area contributed by atoms with Crippen molar-refractivity contribution in [1.82, 2.24) is 14.9 Å². The Morgan fingerprint density at radius 2 is 1.80 bits per heavy atom. The third-order valence-corrected chi connectivity index (χ3v) is 6.13. The third kappa shape index (κ3) is 5.07. The van der Waals surface area contributed by atoms with Gasteiger partial charge in [-0.2, -0.15) is 4.98 Å². The van der Waals surface area contributed by atoms with Crippen LogP contribution in [0.25, 0.3) is 5.70 Å². The summed E-state index contributed by atoms with van der Waals surface area (Å²) in [6.45, 7) is 3.13. The van der Waals surface area contributed by atoms with Crippen molar-refractivity contribution >= 4 is 29.3 Å². The molecule has 2 aliphatic rings. The van der Waals surface area contributed by atoms with E-state index in [2.05, 4.69) is 17.2 Å². The van der Waals surface area contributed by atoms with E-state index in [0.717, 1.165) is 23.2 Å². The number of rotatable bonds is 7. The highest BCUT2D eigenvalue weighted by atomic mass is 16.3. The number of nitrogens with zero attached hydrogens (tertiary/aromatic N) is 5. The van der Waals surface area contributed by atoms with Gasteiger partial charge in [-0.1, -0.05) is 54.6 Å². The van der Waals surface area contributed by atoms with Crippen molar-refractivity contribution in [3.63, 3.8) is 0 Å². The van der Waals surface area contributed by atoms with Crippen molar-refractivity contribution in [2.75, 3.05) is 23.3 Å². The lowest BCUT2D eigenvalue weighted by atomic mass is 10.1. The largest absolute Gasteiger partial charge is 0.392 e. The number of aliphatic hydroxyl groups is 1. The van der Waals surface area contributed by atoms with Gasteiger partial charge in [-0.25, -0.2) is 9.98 Å². The number of carbonyl (C=O) groups excluding carboxylic acids is 1. The molecule has 2 aliphatic heterocycles. The molecule has 35 heavy (non-hydrogen) atoms. The number of benzene rings is 2. The number of hydrogen-bond donors (Lipinski definition) is 2. The Labute approximate surface area is 204 Å². The Kier molecular flexibility index (Phi) is 6.54. The third-order valence-electron chi connectivity index (χ3n) is 6.13. The minimum absolute atomic E-state index is 0.0438. The van der Waals surface area contributed by atoms with Crippen LogP contribution in [0.3, 0.4) is 0 Å². The van der Waals surface area contributed by atoms with Crippen molar-refractivity contribution in [3.8, 4) is 0 Å². The maximum absolute atomic E-state index is 12.6. The molecule has 1 atom stereocenters. The molecule has 5 rings (SSSR count). The van der Waals surface area contributed by atoms with Gasteiger partial charge in [0.1, 0.15) is 5.82 Å².